The van der Waals surface area contributed by atoms with Gasteiger partial charge in [0.1, 0.15) is 0 Å². The molecule has 7 heteroatoms. The van der Waals surface area contributed by atoms with Crippen molar-refractivity contribution < 1.29 is 14.5 Å². The maximum Gasteiger partial charge on any atom is 0.292 e. The van der Waals surface area contributed by atoms with Gasteiger partial charge in [-0.3, -0.25) is 19.7 Å². The maximum absolute atomic E-state index is 10.5. The zero-order valence-corrected chi connectivity index (χ0v) is 6.93. The molecule has 0 rings (SSSR count). The topological polar surface area (TPSA) is 129 Å². The Kier molecular flexibility index (Phi) is 4.42. The summed E-state index contributed by atoms with van der Waals surface area (Å²) in [5, 5.41) is 10.2. The molecule has 13 heavy (non-hydrogen) atoms. The molecular weight excluding hydrogens is 178 g/mol. The number of hydrogen-bond acceptors (Lipinski definition) is 4. The predicted molar refractivity (Wildman–Crippen MR) is 43.0 cm³/mol. The van der Waals surface area contributed by atoms with E-state index in [1.54, 1.807) is 0 Å². The van der Waals surface area contributed by atoms with Crippen molar-refractivity contribution in [3.8, 4) is 0 Å². The second kappa shape index (κ2) is 5.07. The third kappa shape index (κ3) is 4.72. The van der Waals surface area contributed by atoms with Crippen LogP contribution in [0.4, 0.5) is 0 Å². The van der Waals surface area contributed by atoms with Crippen molar-refractivity contribution in [2.75, 3.05) is 0 Å². The molecule has 0 aliphatic heterocycles. The van der Waals surface area contributed by atoms with E-state index in [1.807, 2.05) is 0 Å². The summed E-state index contributed by atoms with van der Waals surface area (Å²) in [5.41, 5.74) is 9.56. The number of hydrogen-bond donors (Lipinski definition) is 2. The van der Waals surface area contributed by atoms with E-state index in [-0.39, 0.29) is 19.3 Å². The van der Waals surface area contributed by atoms with E-state index in [2.05, 4.69) is 0 Å². The Labute approximate surface area is 74.2 Å². The van der Waals surface area contributed by atoms with E-state index < -0.39 is 22.8 Å². The van der Waals surface area contributed by atoms with Crippen LogP contribution < -0.4 is 11.5 Å². The van der Waals surface area contributed by atoms with Gasteiger partial charge >= 0.3 is 0 Å². The quantitative estimate of drug-likeness (QED) is 0.400. The molecule has 0 saturated carbocycles. The summed E-state index contributed by atoms with van der Waals surface area (Å²) in [6, 6.07) is -1.42. The maximum atomic E-state index is 10.5. The normalized spacial score (nSPS) is 12.0. The van der Waals surface area contributed by atoms with Crippen molar-refractivity contribution in [3.05, 3.63) is 10.1 Å². The molecule has 0 spiro atoms. The molecule has 0 heterocycles. The fourth-order valence-corrected chi connectivity index (χ4v) is 0.821. The van der Waals surface area contributed by atoms with Gasteiger partial charge in [-0.2, -0.15) is 0 Å². The van der Waals surface area contributed by atoms with Crippen molar-refractivity contribution in [2.45, 2.75) is 25.3 Å². The first-order valence-electron chi connectivity index (χ1n) is 3.66. The number of nitrogens with two attached hydrogens (primary N) is 2. The van der Waals surface area contributed by atoms with E-state index in [9.17, 15) is 19.7 Å². The Morgan fingerprint density at radius 3 is 2.23 bits per heavy atom. The fraction of sp³-hybridized carbons (Fsp3) is 0.667. The molecule has 0 aromatic carbocycles. The molecule has 0 aromatic rings. The molecule has 0 aromatic heterocycles. The highest BCUT2D eigenvalue weighted by atomic mass is 16.6. The molecule has 4 N–H and O–H groups in total. The first kappa shape index (κ1) is 11.3. The van der Waals surface area contributed by atoms with Gasteiger partial charge in [0.05, 0.1) is 0 Å². The minimum atomic E-state index is -1.42. The molecule has 0 aliphatic rings. The van der Waals surface area contributed by atoms with Gasteiger partial charge in [0.2, 0.25) is 5.91 Å². The lowest BCUT2D eigenvalue weighted by molar-refractivity contribution is -0.508. The first-order valence-corrected chi connectivity index (χ1v) is 3.66. The minimum Gasteiger partial charge on any atom is -0.370 e. The van der Waals surface area contributed by atoms with Gasteiger partial charge in [-0.05, 0) is 6.42 Å². The van der Waals surface area contributed by atoms with Crippen LogP contribution in [-0.2, 0) is 9.59 Å². The molecular formula is C6H11N3O4. The molecule has 1 atom stereocenters. The van der Waals surface area contributed by atoms with E-state index in [1.165, 1.54) is 0 Å². The van der Waals surface area contributed by atoms with Crippen LogP contribution in [0.5, 0.6) is 0 Å². The van der Waals surface area contributed by atoms with Crippen LogP contribution in [0.1, 0.15) is 19.3 Å². The summed E-state index contributed by atoms with van der Waals surface area (Å²) in [4.78, 5) is 30.2. The predicted octanol–water partition coefficient (Wildman–Crippen LogP) is -1.23. The summed E-state index contributed by atoms with van der Waals surface area (Å²) in [6.07, 6.45) is 0.173. The Bertz CT molecular complexity index is 214. The summed E-state index contributed by atoms with van der Waals surface area (Å²) >= 11 is 0. The third-order valence-corrected chi connectivity index (χ3v) is 1.48. The second-order valence-corrected chi connectivity index (χ2v) is 2.56. The van der Waals surface area contributed by atoms with Crippen molar-refractivity contribution in [1.29, 1.82) is 0 Å². The lowest BCUT2D eigenvalue weighted by atomic mass is 10.1. The van der Waals surface area contributed by atoms with Gasteiger partial charge in [-0.1, -0.05) is 0 Å². The molecule has 7 nitrogen and oxygen atoms in total. The molecule has 0 aliphatic carbocycles. The van der Waals surface area contributed by atoms with Crippen LogP contribution in [0, 0.1) is 10.1 Å². The van der Waals surface area contributed by atoms with Crippen LogP contribution in [0.25, 0.3) is 0 Å². The average molecular weight is 189 g/mol. The Morgan fingerprint density at radius 2 is 1.92 bits per heavy atom. The SMILES string of the molecule is NC(=O)CCCC(C(N)=O)[N+](=O)[O-]. The van der Waals surface area contributed by atoms with Crippen LogP contribution in [-0.4, -0.2) is 22.8 Å². The number of carbonyl (C=O) groups excluding carboxylic acids is 2. The molecule has 74 valence electrons. The number of nitrogens with zero attached hydrogens (tertiary/aromatic N) is 1. The van der Waals surface area contributed by atoms with Crippen molar-refractivity contribution in [2.24, 2.45) is 11.5 Å². The highest BCUT2D eigenvalue weighted by molar-refractivity contribution is 5.78. The van der Waals surface area contributed by atoms with E-state index in [0.717, 1.165) is 0 Å². The lowest BCUT2D eigenvalue weighted by Gasteiger charge is -2.03. The van der Waals surface area contributed by atoms with Gasteiger partial charge in [-0.15, -0.1) is 0 Å². The summed E-state index contributed by atoms with van der Waals surface area (Å²) < 4.78 is 0. The van der Waals surface area contributed by atoms with E-state index >= 15 is 0 Å². The smallest absolute Gasteiger partial charge is 0.292 e. The van der Waals surface area contributed by atoms with Crippen LogP contribution in [0.3, 0.4) is 0 Å². The molecule has 0 fully saturated rings. The largest absolute Gasteiger partial charge is 0.370 e. The number of amides is 2. The van der Waals surface area contributed by atoms with Gasteiger partial charge < -0.3 is 11.5 Å². The Balaban J connectivity index is 3.91. The van der Waals surface area contributed by atoms with Gasteiger partial charge in [0.25, 0.3) is 11.9 Å². The molecule has 0 saturated heterocycles. The monoisotopic (exact) mass is 189 g/mol. The average Bonchev–Trinajstić information content (AvgIpc) is 1.95. The minimum absolute atomic E-state index is 0.0254. The van der Waals surface area contributed by atoms with Crippen molar-refractivity contribution >= 4 is 11.8 Å². The number of primary amides is 2. The van der Waals surface area contributed by atoms with E-state index in [0.29, 0.717) is 0 Å². The highest BCUT2D eigenvalue weighted by Gasteiger charge is 2.26. The first-order chi connectivity index (χ1) is 5.95. The van der Waals surface area contributed by atoms with Gasteiger partial charge in [-0.25, -0.2) is 0 Å². The Hall–Kier alpha value is -1.66. The second-order valence-electron chi connectivity index (χ2n) is 2.56. The van der Waals surface area contributed by atoms with Gasteiger partial charge in [0.15, 0.2) is 0 Å². The highest BCUT2D eigenvalue weighted by Crippen LogP contribution is 2.03. The molecule has 1 unspecified atom stereocenters. The molecule has 2 amide bonds. The number of carbonyl (C=O) groups is 2. The summed E-state index contributed by atoms with van der Waals surface area (Å²) in [6.45, 7) is 0. The fourth-order valence-electron chi connectivity index (χ4n) is 0.821. The zero-order valence-electron chi connectivity index (χ0n) is 6.93. The van der Waals surface area contributed by atoms with E-state index in [4.69, 9.17) is 11.5 Å². The van der Waals surface area contributed by atoms with Crippen LogP contribution in [0.15, 0.2) is 0 Å². The summed E-state index contributed by atoms with van der Waals surface area (Å²) in [5.74, 6) is -1.54. The molecule has 0 bridgehead atoms. The van der Waals surface area contributed by atoms with Crippen LogP contribution >= 0.6 is 0 Å². The number of rotatable bonds is 6. The van der Waals surface area contributed by atoms with Crippen molar-refractivity contribution in [1.82, 2.24) is 0 Å². The summed E-state index contributed by atoms with van der Waals surface area (Å²) in [7, 11) is 0. The third-order valence-electron chi connectivity index (χ3n) is 1.48. The van der Waals surface area contributed by atoms with Crippen molar-refractivity contribution in [3.63, 3.8) is 0 Å². The van der Waals surface area contributed by atoms with Crippen LogP contribution in [0.2, 0.25) is 0 Å². The molecule has 0 radical (unpaired) electrons. The lowest BCUT2D eigenvalue weighted by Crippen LogP contribution is -2.35. The standard InChI is InChI=1S/C6H11N3O4/c7-5(10)3-1-2-4(6(8)11)9(12)13/h4H,1-3H2,(H2,7,10)(H2,8,11). The zero-order chi connectivity index (χ0) is 10.4. The van der Waals surface area contributed by atoms with Gasteiger partial charge in [0, 0.05) is 17.8 Å². The Morgan fingerprint density at radius 1 is 1.38 bits per heavy atom. The number of nitro groups is 1.